The molecule has 1 aromatic heterocycles. The first-order valence-corrected chi connectivity index (χ1v) is 8.69. The summed E-state index contributed by atoms with van der Waals surface area (Å²) in [6.45, 7) is 1.74. The third-order valence-corrected chi connectivity index (χ3v) is 4.37. The van der Waals surface area contributed by atoms with E-state index in [1.54, 1.807) is 12.1 Å². The van der Waals surface area contributed by atoms with Gasteiger partial charge in [-0.1, -0.05) is 18.2 Å². The standard InChI is InChI=1S/C20H19N3O3/c24-18(23-12-4-5-13-23)14-25-17-10-8-16(9-11-17)20-22-21-19(26-20)15-6-2-1-3-7-15/h1-3,6-11H,4-5,12-14H2. The van der Waals surface area contributed by atoms with Crippen molar-refractivity contribution in [1.82, 2.24) is 15.1 Å². The highest BCUT2D eigenvalue weighted by molar-refractivity contribution is 5.78. The number of carbonyl (C=O) groups excluding carboxylic acids is 1. The Morgan fingerprint density at radius 1 is 0.923 bits per heavy atom. The monoisotopic (exact) mass is 349 g/mol. The molecule has 132 valence electrons. The minimum absolute atomic E-state index is 0.0379. The number of rotatable bonds is 5. The number of hydrogen-bond acceptors (Lipinski definition) is 5. The highest BCUT2D eigenvalue weighted by Crippen LogP contribution is 2.25. The molecule has 0 atom stereocenters. The van der Waals surface area contributed by atoms with E-state index in [9.17, 15) is 4.79 Å². The lowest BCUT2D eigenvalue weighted by atomic mass is 10.2. The highest BCUT2D eigenvalue weighted by Gasteiger charge is 2.18. The van der Waals surface area contributed by atoms with E-state index < -0.39 is 0 Å². The second kappa shape index (κ2) is 7.39. The lowest BCUT2D eigenvalue weighted by molar-refractivity contribution is -0.132. The normalized spacial score (nSPS) is 13.8. The van der Waals surface area contributed by atoms with Gasteiger partial charge in [0.1, 0.15) is 5.75 Å². The van der Waals surface area contributed by atoms with Crippen LogP contribution in [0, 0.1) is 0 Å². The van der Waals surface area contributed by atoms with Gasteiger partial charge < -0.3 is 14.1 Å². The summed E-state index contributed by atoms with van der Waals surface area (Å²) in [5.41, 5.74) is 1.68. The van der Waals surface area contributed by atoms with Crippen molar-refractivity contribution in [2.75, 3.05) is 19.7 Å². The van der Waals surface area contributed by atoms with Gasteiger partial charge in [-0.2, -0.15) is 0 Å². The van der Waals surface area contributed by atoms with E-state index >= 15 is 0 Å². The van der Waals surface area contributed by atoms with E-state index in [1.165, 1.54) is 0 Å². The van der Waals surface area contributed by atoms with Gasteiger partial charge >= 0.3 is 0 Å². The maximum absolute atomic E-state index is 12.0. The Balaban J connectivity index is 1.40. The summed E-state index contributed by atoms with van der Waals surface area (Å²) >= 11 is 0. The number of carbonyl (C=O) groups is 1. The van der Waals surface area contributed by atoms with E-state index in [-0.39, 0.29) is 12.5 Å². The second-order valence-electron chi connectivity index (χ2n) is 6.18. The Morgan fingerprint density at radius 3 is 2.19 bits per heavy atom. The van der Waals surface area contributed by atoms with E-state index in [4.69, 9.17) is 9.15 Å². The summed E-state index contributed by atoms with van der Waals surface area (Å²) in [4.78, 5) is 13.9. The van der Waals surface area contributed by atoms with Crippen LogP contribution in [0.3, 0.4) is 0 Å². The van der Waals surface area contributed by atoms with E-state index in [0.717, 1.165) is 37.1 Å². The molecule has 0 radical (unpaired) electrons. The lowest BCUT2D eigenvalue weighted by Gasteiger charge is -2.15. The fourth-order valence-corrected chi connectivity index (χ4v) is 2.93. The largest absolute Gasteiger partial charge is 0.484 e. The van der Waals surface area contributed by atoms with Crippen molar-refractivity contribution >= 4 is 5.91 Å². The minimum atomic E-state index is 0.0379. The van der Waals surface area contributed by atoms with Crippen molar-refractivity contribution in [1.29, 1.82) is 0 Å². The second-order valence-corrected chi connectivity index (χ2v) is 6.18. The molecule has 6 heteroatoms. The zero-order valence-corrected chi connectivity index (χ0v) is 14.3. The first kappa shape index (κ1) is 16.3. The molecule has 0 unspecified atom stereocenters. The lowest BCUT2D eigenvalue weighted by Crippen LogP contribution is -2.32. The fourth-order valence-electron chi connectivity index (χ4n) is 2.93. The molecule has 3 aromatic rings. The predicted octanol–water partition coefficient (Wildman–Crippen LogP) is 3.40. The number of nitrogens with zero attached hydrogens (tertiary/aromatic N) is 3. The van der Waals surface area contributed by atoms with Crippen LogP contribution in [0.15, 0.2) is 59.0 Å². The van der Waals surface area contributed by atoms with Gasteiger partial charge in [-0.25, -0.2) is 0 Å². The Labute approximate surface area is 151 Å². The number of likely N-dealkylation sites (tertiary alicyclic amines) is 1. The molecule has 1 amide bonds. The molecule has 1 saturated heterocycles. The molecule has 0 spiro atoms. The molecule has 0 N–H and O–H groups in total. The van der Waals surface area contributed by atoms with E-state index in [0.29, 0.717) is 17.5 Å². The molecule has 26 heavy (non-hydrogen) atoms. The van der Waals surface area contributed by atoms with Gasteiger partial charge in [-0.05, 0) is 49.2 Å². The van der Waals surface area contributed by atoms with Crippen molar-refractivity contribution in [3.05, 3.63) is 54.6 Å². The van der Waals surface area contributed by atoms with Gasteiger partial charge in [0, 0.05) is 24.2 Å². The summed E-state index contributed by atoms with van der Waals surface area (Å²) in [6, 6.07) is 16.9. The average molecular weight is 349 g/mol. The molecule has 2 aromatic carbocycles. The summed E-state index contributed by atoms with van der Waals surface area (Å²) in [5.74, 6) is 1.61. The average Bonchev–Trinajstić information content (AvgIpc) is 3.39. The van der Waals surface area contributed by atoms with Crippen LogP contribution in [0.1, 0.15) is 12.8 Å². The zero-order chi connectivity index (χ0) is 17.8. The van der Waals surface area contributed by atoms with Gasteiger partial charge in [0.15, 0.2) is 6.61 Å². The molecule has 0 saturated carbocycles. The van der Waals surface area contributed by atoms with Crippen LogP contribution in [-0.2, 0) is 4.79 Å². The van der Waals surface area contributed by atoms with Crippen molar-refractivity contribution < 1.29 is 13.9 Å². The van der Waals surface area contributed by atoms with Crippen LogP contribution < -0.4 is 4.74 Å². The van der Waals surface area contributed by atoms with E-state index in [1.807, 2.05) is 47.4 Å². The maximum atomic E-state index is 12.0. The number of hydrogen-bond donors (Lipinski definition) is 0. The molecular formula is C20H19N3O3. The molecule has 2 heterocycles. The summed E-state index contributed by atoms with van der Waals surface area (Å²) in [5, 5.41) is 8.19. The van der Waals surface area contributed by atoms with Crippen LogP contribution in [0.25, 0.3) is 22.9 Å². The van der Waals surface area contributed by atoms with Crippen LogP contribution in [0.2, 0.25) is 0 Å². The Kier molecular flexibility index (Phi) is 4.64. The number of benzene rings is 2. The van der Waals surface area contributed by atoms with Crippen LogP contribution in [0.4, 0.5) is 0 Å². The maximum Gasteiger partial charge on any atom is 0.260 e. The van der Waals surface area contributed by atoms with Crippen LogP contribution in [0.5, 0.6) is 5.75 Å². The highest BCUT2D eigenvalue weighted by atomic mass is 16.5. The van der Waals surface area contributed by atoms with Gasteiger partial charge in [0.05, 0.1) is 0 Å². The van der Waals surface area contributed by atoms with Crippen LogP contribution in [-0.4, -0.2) is 40.7 Å². The summed E-state index contributed by atoms with van der Waals surface area (Å²) < 4.78 is 11.3. The van der Waals surface area contributed by atoms with Crippen molar-refractivity contribution in [3.8, 4) is 28.7 Å². The quantitative estimate of drug-likeness (QED) is 0.706. The Hall–Kier alpha value is -3.15. The SMILES string of the molecule is O=C(COc1ccc(-c2nnc(-c3ccccc3)o2)cc1)N1CCCC1. The molecule has 6 nitrogen and oxygen atoms in total. The van der Waals surface area contributed by atoms with Gasteiger partial charge in [0.2, 0.25) is 11.8 Å². The fraction of sp³-hybridized carbons (Fsp3) is 0.250. The summed E-state index contributed by atoms with van der Waals surface area (Å²) in [7, 11) is 0. The van der Waals surface area contributed by atoms with Crippen molar-refractivity contribution in [2.45, 2.75) is 12.8 Å². The molecule has 1 aliphatic heterocycles. The first-order chi connectivity index (χ1) is 12.8. The smallest absolute Gasteiger partial charge is 0.260 e. The van der Waals surface area contributed by atoms with Crippen LogP contribution >= 0.6 is 0 Å². The number of ether oxygens (including phenoxy) is 1. The molecule has 0 bridgehead atoms. The predicted molar refractivity (Wildman–Crippen MR) is 96.5 cm³/mol. The van der Waals surface area contributed by atoms with Gasteiger partial charge in [-0.15, -0.1) is 10.2 Å². The summed E-state index contributed by atoms with van der Waals surface area (Å²) in [6.07, 6.45) is 2.16. The first-order valence-electron chi connectivity index (χ1n) is 8.69. The van der Waals surface area contributed by atoms with Gasteiger partial charge in [-0.3, -0.25) is 4.79 Å². The zero-order valence-electron chi connectivity index (χ0n) is 14.3. The Bertz CT molecular complexity index is 869. The van der Waals surface area contributed by atoms with E-state index in [2.05, 4.69) is 10.2 Å². The van der Waals surface area contributed by atoms with Crippen molar-refractivity contribution in [2.24, 2.45) is 0 Å². The topological polar surface area (TPSA) is 68.5 Å². The third kappa shape index (κ3) is 3.59. The molecule has 1 aliphatic rings. The molecule has 1 fully saturated rings. The molecule has 0 aliphatic carbocycles. The van der Waals surface area contributed by atoms with Crippen molar-refractivity contribution in [3.63, 3.8) is 0 Å². The number of aromatic nitrogens is 2. The Morgan fingerprint density at radius 2 is 1.54 bits per heavy atom. The minimum Gasteiger partial charge on any atom is -0.484 e. The number of amides is 1. The third-order valence-electron chi connectivity index (χ3n) is 4.37. The van der Waals surface area contributed by atoms with Gasteiger partial charge in [0.25, 0.3) is 5.91 Å². The molecule has 4 rings (SSSR count). The molecular weight excluding hydrogens is 330 g/mol.